The van der Waals surface area contributed by atoms with Gasteiger partial charge in [0.25, 0.3) is 0 Å². The third-order valence-electron chi connectivity index (χ3n) is 1.68. The van der Waals surface area contributed by atoms with Gasteiger partial charge in [-0.25, -0.2) is 0 Å². The zero-order chi connectivity index (χ0) is 9.07. The van der Waals surface area contributed by atoms with Crippen molar-refractivity contribution in [1.82, 2.24) is 0 Å². The molecule has 0 aliphatic heterocycles. The Morgan fingerprint density at radius 2 is 1.91 bits per heavy atom. The van der Waals surface area contributed by atoms with E-state index in [9.17, 15) is 0 Å². The fourth-order valence-corrected chi connectivity index (χ4v) is 1.18. The minimum atomic E-state index is -1.26. The molecule has 0 saturated heterocycles. The van der Waals surface area contributed by atoms with Crippen LogP contribution in [0.15, 0.2) is 23.5 Å². The second-order valence-corrected chi connectivity index (χ2v) is 8.94. The molecule has 0 aromatic rings. The fraction of sp³-hybridized carbons (Fsp3) is 0.556. The van der Waals surface area contributed by atoms with Gasteiger partial charge in [0.2, 0.25) is 0 Å². The van der Waals surface area contributed by atoms with Crippen LogP contribution in [0, 0.1) is 0 Å². The second kappa shape index (κ2) is 3.76. The standard InChI is InChI=1S/C9H19NSi/c1-6-8(2)7-9(10)11(3,4)5/h7H,2,6,10H2,1,3-5H3. The lowest BCUT2D eigenvalue weighted by molar-refractivity contribution is 1.15. The van der Waals surface area contributed by atoms with Crippen molar-refractivity contribution < 1.29 is 0 Å². The van der Waals surface area contributed by atoms with Crippen LogP contribution in [0.1, 0.15) is 13.3 Å². The van der Waals surface area contributed by atoms with E-state index in [2.05, 4.69) is 33.1 Å². The topological polar surface area (TPSA) is 26.0 Å². The summed E-state index contributed by atoms with van der Waals surface area (Å²) in [5.41, 5.74) is 7.02. The summed E-state index contributed by atoms with van der Waals surface area (Å²) in [5, 5.41) is 1.05. The van der Waals surface area contributed by atoms with Gasteiger partial charge in [0.05, 0.1) is 8.07 Å². The van der Waals surface area contributed by atoms with E-state index in [1.807, 2.05) is 6.08 Å². The van der Waals surface area contributed by atoms with Gasteiger partial charge < -0.3 is 5.73 Å². The van der Waals surface area contributed by atoms with Gasteiger partial charge in [-0.15, -0.1) is 0 Å². The highest BCUT2D eigenvalue weighted by Gasteiger charge is 2.15. The largest absolute Gasteiger partial charge is 0.406 e. The van der Waals surface area contributed by atoms with Crippen molar-refractivity contribution in [3.63, 3.8) is 0 Å². The molecule has 0 heterocycles. The van der Waals surface area contributed by atoms with Gasteiger partial charge in [-0.2, -0.15) is 0 Å². The van der Waals surface area contributed by atoms with Gasteiger partial charge >= 0.3 is 0 Å². The third kappa shape index (κ3) is 4.04. The van der Waals surface area contributed by atoms with Gasteiger partial charge in [-0.05, 0) is 17.8 Å². The van der Waals surface area contributed by atoms with Gasteiger partial charge in [-0.3, -0.25) is 0 Å². The van der Waals surface area contributed by atoms with Crippen molar-refractivity contribution in [3.05, 3.63) is 23.5 Å². The quantitative estimate of drug-likeness (QED) is 0.510. The van der Waals surface area contributed by atoms with E-state index in [-0.39, 0.29) is 0 Å². The number of allylic oxidation sites excluding steroid dienone is 2. The SMILES string of the molecule is C=C(C=C(N)[Si](C)(C)C)CC. The summed E-state index contributed by atoms with van der Waals surface area (Å²) in [6.45, 7) is 12.7. The van der Waals surface area contributed by atoms with Gasteiger partial charge in [0.1, 0.15) is 0 Å². The summed E-state index contributed by atoms with van der Waals surface area (Å²) >= 11 is 0. The van der Waals surface area contributed by atoms with Crippen molar-refractivity contribution in [3.8, 4) is 0 Å². The molecule has 0 spiro atoms. The number of hydrogen-bond acceptors (Lipinski definition) is 1. The predicted octanol–water partition coefficient (Wildman–Crippen LogP) is 2.67. The maximum absolute atomic E-state index is 5.89. The lowest BCUT2D eigenvalue weighted by Crippen LogP contribution is -2.29. The molecule has 0 atom stereocenters. The van der Waals surface area contributed by atoms with Crippen molar-refractivity contribution in [1.29, 1.82) is 0 Å². The molecule has 2 N–H and O–H groups in total. The first-order valence-corrected chi connectivity index (χ1v) is 7.53. The molecule has 0 rings (SSSR count). The summed E-state index contributed by atoms with van der Waals surface area (Å²) in [5.74, 6) is 0. The highest BCUT2D eigenvalue weighted by Crippen LogP contribution is 2.11. The van der Waals surface area contributed by atoms with Crippen LogP contribution in [0.3, 0.4) is 0 Å². The van der Waals surface area contributed by atoms with E-state index in [1.165, 1.54) is 0 Å². The molecule has 0 aliphatic rings. The van der Waals surface area contributed by atoms with E-state index in [0.29, 0.717) is 0 Å². The minimum absolute atomic E-state index is 0.991. The predicted molar refractivity (Wildman–Crippen MR) is 55.0 cm³/mol. The van der Waals surface area contributed by atoms with Crippen LogP contribution < -0.4 is 5.73 Å². The van der Waals surface area contributed by atoms with Crippen LogP contribution in [0.25, 0.3) is 0 Å². The lowest BCUT2D eigenvalue weighted by Gasteiger charge is -2.16. The molecule has 0 radical (unpaired) electrons. The highest BCUT2D eigenvalue weighted by atomic mass is 28.3. The molecule has 0 unspecified atom stereocenters. The van der Waals surface area contributed by atoms with Gasteiger partial charge in [0, 0.05) is 0 Å². The Kier molecular flexibility index (Phi) is 3.59. The van der Waals surface area contributed by atoms with Gasteiger partial charge in [0.15, 0.2) is 0 Å². The van der Waals surface area contributed by atoms with Crippen molar-refractivity contribution >= 4 is 8.07 Å². The van der Waals surface area contributed by atoms with E-state index >= 15 is 0 Å². The normalized spacial score (nSPS) is 13.3. The summed E-state index contributed by atoms with van der Waals surface area (Å²) < 4.78 is 0. The summed E-state index contributed by atoms with van der Waals surface area (Å²) in [6, 6.07) is 0. The Labute approximate surface area is 71.0 Å². The zero-order valence-electron chi connectivity index (χ0n) is 8.07. The summed E-state index contributed by atoms with van der Waals surface area (Å²) in [4.78, 5) is 0. The molecule has 0 aliphatic carbocycles. The summed E-state index contributed by atoms with van der Waals surface area (Å²) in [6.07, 6.45) is 3.03. The first-order chi connectivity index (χ1) is 4.88. The third-order valence-corrected chi connectivity index (χ3v) is 3.56. The molecule has 0 aromatic carbocycles. The van der Waals surface area contributed by atoms with Crippen LogP contribution in [0.5, 0.6) is 0 Å². The number of hydrogen-bond donors (Lipinski definition) is 1. The van der Waals surface area contributed by atoms with E-state index in [1.54, 1.807) is 0 Å². The molecule has 64 valence electrons. The second-order valence-electron chi connectivity index (χ2n) is 3.86. The Morgan fingerprint density at radius 3 is 2.18 bits per heavy atom. The molecule has 0 aromatic heterocycles. The highest BCUT2D eigenvalue weighted by molar-refractivity contribution is 6.82. The average Bonchev–Trinajstić information content (AvgIpc) is 1.85. The Morgan fingerprint density at radius 1 is 1.45 bits per heavy atom. The molecule has 0 amide bonds. The Hall–Kier alpha value is -0.503. The fourth-order valence-electron chi connectivity index (χ4n) is 0.538. The molecule has 0 bridgehead atoms. The molecule has 0 saturated carbocycles. The van der Waals surface area contributed by atoms with Crippen molar-refractivity contribution in [2.45, 2.75) is 33.0 Å². The number of rotatable bonds is 3. The summed E-state index contributed by atoms with van der Waals surface area (Å²) in [7, 11) is -1.26. The average molecular weight is 169 g/mol. The first kappa shape index (κ1) is 10.5. The molecule has 11 heavy (non-hydrogen) atoms. The van der Waals surface area contributed by atoms with Crippen LogP contribution in [0.4, 0.5) is 0 Å². The van der Waals surface area contributed by atoms with E-state index < -0.39 is 8.07 Å². The minimum Gasteiger partial charge on any atom is -0.406 e. The van der Waals surface area contributed by atoms with E-state index in [4.69, 9.17) is 5.73 Å². The smallest absolute Gasteiger partial charge is 0.0974 e. The lowest BCUT2D eigenvalue weighted by atomic mass is 10.2. The Balaban J connectivity index is 4.35. The molecule has 1 nitrogen and oxygen atoms in total. The molecule has 2 heteroatoms. The molecular weight excluding hydrogens is 150 g/mol. The molecule has 0 fully saturated rings. The number of nitrogens with two attached hydrogens (primary N) is 1. The van der Waals surface area contributed by atoms with Crippen LogP contribution in [-0.2, 0) is 0 Å². The monoisotopic (exact) mass is 169 g/mol. The van der Waals surface area contributed by atoms with Crippen molar-refractivity contribution in [2.24, 2.45) is 5.73 Å². The Bertz CT molecular complexity index is 174. The van der Waals surface area contributed by atoms with Gasteiger partial charge in [-0.1, -0.05) is 38.7 Å². The maximum Gasteiger partial charge on any atom is 0.0974 e. The maximum atomic E-state index is 5.89. The van der Waals surface area contributed by atoms with Crippen LogP contribution >= 0.6 is 0 Å². The van der Waals surface area contributed by atoms with Crippen LogP contribution in [-0.4, -0.2) is 8.07 Å². The first-order valence-electron chi connectivity index (χ1n) is 4.03. The molecular formula is C9H19NSi. The van der Waals surface area contributed by atoms with Crippen molar-refractivity contribution in [2.75, 3.05) is 0 Å². The van der Waals surface area contributed by atoms with Crippen LogP contribution in [0.2, 0.25) is 19.6 Å². The zero-order valence-corrected chi connectivity index (χ0v) is 9.07. The van der Waals surface area contributed by atoms with E-state index in [0.717, 1.165) is 17.3 Å².